The van der Waals surface area contributed by atoms with Gasteiger partial charge in [0, 0.05) is 25.7 Å². The average Bonchev–Trinajstić information content (AvgIpc) is 2.18. The molecule has 0 atom stereocenters. The molecule has 0 N–H and O–H groups in total. The fourth-order valence-electron chi connectivity index (χ4n) is 1.49. The molecule has 0 saturated carbocycles. The second-order valence-electron chi connectivity index (χ2n) is 3.40. The Hall–Kier alpha value is -1.77. The topological polar surface area (TPSA) is 25.2 Å². The average molecular weight is 188 g/mol. The lowest BCUT2D eigenvalue weighted by molar-refractivity contribution is 0.706. The largest absolute Gasteiger partial charge is 0.316 e. The van der Waals surface area contributed by atoms with Crippen molar-refractivity contribution < 1.29 is 0 Å². The molecule has 1 aromatic heterocycles. The molecular formula is C11H12N2O. The number of rotatable bonds is 1. The van der Waals surface area contributed by atoms with E-state index < -0.39 is 0 Å². The number of pyridine rings is 1. The highest BCUT2D eigenvalue weighted by Gasteiger charge is 2.01. The Balaban J connectivity index is 2.82. The van der Waals surface area contributed by atoms with Crippen LogP contribution in [-0.2, 0) is 0 Å². The maximum Gasteiger partial charge on any atom is 0.276 e. The molecule has 0 aliphatic heterocycles. The minimum absolute atomic E-state index is 0.0214. The summed E-state index contributed by atoms with van der Waals surface area (Å²) in [7, 11) is 3.69. The second-order valence-corrected chi connectivity index (χ2v) is 3.40. The van der Waals surface area contributed by atoms with Crippen molar-refractivity contribution in [3.63, 3.8) is 0 Å². The van der Waals surface area contributed by atoms with E-state index in [1.54, 1.807) is 15.9 Å². The maximum atomic E-state index is 11.9. The molecule has 2 aromatic rings. The fourth-order valence-corrected chi connectivity index (χ4v) is 1.49. The van der Waals surface area contributed by atoms with Gasteiger partial charge in [-0.1, -0.05) is 18.2 Å². The monoisotopic (exact) mass is 188 g/mol. The van der Waals surface area contributed by atoms with E-state index in [4.69, 9.17) is 0 Å². The van der Waals surface area contributed by atoms with Gasteiger partial charge >= 0.3 is 0 Å². The Labute approximate surface area is 82.2 Å². The van der Waals surface area contributed by atoms with E-state index in [1.807, 2.05) is 44.4 Å². The van der Waals surface area contributed by atoms with E-state index in [2.05, 4.69) is 0 Å². The highest BCUT2D eigenvalue weighted by molar-refractivity contribution is 5.81. The predicted molar refractivity (Wildman–Crippen MR) is 58.3 cm³/mol. The highest BCUT2D eigenvalue weighted by atomic mass is 16.1. The number of hydrogen-bond donors (Lipinski definition) is 0. The van der Waals surface area contributed by atoms with E-state index in [9.17, 15) is 4.79 Å². The Morgan fingerprint density at radius 1 is 1.14 bits per heavy atom. The normalized spacial score (nSPS) is 10.4. The van der Waals surface area contributed by atoms with Crippen molar-refractivity contribution >= 4 is 10.8 Å². The zero-order valence-corrected chi connectivity index (χ0v) is 8.27. The number of hydrogen-bond acceptors (Lipinski definition) is 2. The fraction of sp³-hybridized carbons (Fsp3) is 0.182. The third kappa shape index (κ3) is 1.27. The first-order chi connectivity index (χ1) is 6.70. The zero-order valence-electron chi connectivity index (χ0n) is 8.27. The molecule has 3 heteroatoms. The van der Waals surface area contributed by atoms with Crippen LogP contribution in [0.2, 0.25) is 0 Å². The van der Waals surface area contributed by atoms with Crippen LogP contribution in [0.25, 0.3) is 10.8 Å². The Morgan fingerprint density at radius 2 is 1.86 bits per heavy atom. The van der Waals surface area contributed by atoms with Crippen molar-refractivity contribution in [2.45, 2.75) is 0 Å². The molecule has 0 spiro atoms. The third-order valence-corrected chi connectivity index (χ3v) is 2.23. The Kier molecular flexibility index (Phi) is 2.00. The van der Waals surface area contributed by atoms with Crippen LogP contribution in [0.3, 0.4) is 0 Å². The molecule has 14 heavy (non-hydrogen) atoms. The first-order valence-electron chi connectivity index (χ1n) is 4.48. The summed E-state index contributed by atoms with van der Waals surface area (Å²) >= 11 is 0. The smallest absolute Gasteiger partial charge is 0.276 e. The molecule has 0 fully saturated rings. The zero-order chi connectivity index (χ0) is 10.1. The lowest BCUT2D eigenvalue weighted by Crippen LogP contribution is -2.35. The van der Waals surface area contributed by atoms with Crippen LogP contribution >= 0.6 is 0 Å². The number of benzene rings is 1. The van der Waals surface area contributed by atoms with Gasteiger partial charge in [-0.25, -0.2) is 4.68 Å². The summed E-state index contributed by atoms with van der Waals surface area (Å²) in [6.07, 6.45) is 1.78. The molecule has 0 aliphatic carbocycles. The molecule has 0 aliphatic rings. The number of fused-ring (bicyclic) bond motifs is 1. The number of nitrogens with zero attached hydrogens (tertiary/aromatic N) is 2. The number of aromatic nitrogens is 1. The standard InChI is InChI=1S/C11H12N2O/c1-12(2)13-8-7-9-5-3-4-6-10(9)11(13)14/h3-8H,1-2H3. The van der Waals surface area contributed by atoms with Gasteiger partial charge in [0.2, 0.25) is 0 Å². The quantitative estimate of drug-likeness (QED) is 0.672. The molecule has 0 unspecified atom stereocenters. The molecule has 1 heterocycles. The van der Waals surface area contributed by atoms with Crippen LogP contribution in [0.15, 0.2) is 41.3 Å². The lowest BCUT2D eigenvalue weighted by Gasteiger charge is -2.15. The van der Waals surface area contributed by atoms with E-state index in [0.29, 0.717) is 0 Å². The minimum Gasteiger partial charge on any atom is -0.316 e. The molecule has 0 saturated heterocycles. The summed E-state index contributed by atoms with van der Waals surface area (Å²) in [5.41, 5.74) is 0.0214. The molecule has 2 rings (SSSR count). The summed E-state index contributed by atoms with van der Waals surface area (Å²) in [6, 6.07) is 9.54. The van der Waals surface area contributed by atoms with Gasteiger partial charge in [0.05, 0.1) is 0 Å². The molecule has 72 valence electrons. The van der Waals surface area contributed by atoms with E-state index in [1.165, 1.54) is 0 Å². The van der Waals surface area contributed by atoms with Crippen LogP contribution in [-0.4, -0.2) is 18.8 Å². The van der Waals surface area contributed by atoms with Crippen molar-refractivity contribution in [3.05, 3.63) is 46.9 Å². The van der Waals surface area contributed by atoms with Gasteiger partial charge in [-0.05, 0) is 17.5 Å². The molecule has 0 amide bonds. The van der Waals surface area contributed by atoms with Crippen LogP contribution in [0.1, 0.15) is 0 Å². The van der Waals surface area contributed by atoms with Crippen molar-refractivity contribution in [1.82, 2.24) is 4.68 Å². The van der Waals surface area contributed by atoms with Gasteiger partial charge in [0.15, 0.2) is 0 Å². The summed E-state index contributed by atoms with van der Waals surface area (Å²) < 4.78 is 1.59. The van der Waals surface area contributed by atoms with Crippen LogP contribution in [0.4, 0.5) is 0 Å². The Morgan fingerprint density at radius 3 is 2.57 bits per heavy atom. The molecule has 3 nitrogen and oxygen atoms in total. The molecular weight excluding hydrogens is 176 g/mol. The molecule has 0 radical (unpaired) electrons. The van der Waals surface area contributed by atoms with Gasteiger partial charge in [0.1, 0.15) is 0 Å². The lowest BCUT2D eigenvalue weighted by atomic mass is 10.2. The Bertz CT molecular complexity index is 514. The van der Waals surface area contributed by atoms with E-state index in [0.717, 1.165) is 10.8 Å². The van der Waals surface area contributed by atoms with Crippen molar-refractivity contribution in [1.29, 1.82) is 0 Å². The first kappa shape index (κ1) is 8.81. The maximum absolute atomic E-state index is 11.9. The van der Waals surface area contributed by atoms with E-state index >= 15 is 0 Å². The van der Waals surface area contributed by atoms with Gasteiger partial charge in [-0.3, -0.25) is 4.79 Å². The van der Waals surface area contributed by atoms with Gasteiger partial charge in [0.25, 0.3) is 5.56 Å². The van der Waals surface area contributed by atoms with Crippen molar-refractivity contribution in [3.8, 4) is 0 Å². The first-order valence-corrected chi connectivity index (χ1v) is 4.48. The SMILES string of the molecule is CN(C)n1ccc2ccccc2c1=O. The third-order valence-electron chi connectivity index (χ3n) is 2.23. The minimum atomic E-state index is 0.0214. The van der Waals surface area contributed by atoms with Crippen LogP contribution in [0.5, 0.6) is 0 Å². The second kappa shape index (κ2) is 3.18. The van der Waals surface area contributed by atoms with Crippen molar-refractivity contribution in [2.24, 2.45) is 0 Å². The van der Waals surface area contributed by atoms with Crippen LogP contribution < -0.4 is 10.6 Å². The predicted octanol–water partition coefficient (Wildman–Crippen LogP) is 1.20. The summed E-state index contributed by atoms with van der Waals surface area (Å²) in [5.74, 6) is 0. The summed E-state index contributed by atoms with van der Waals surface area (Å²) in [5, 5.41) is 3.49. The van der Waals surface area contributed by atoms with Crippen molar-refractivity contribution in [2.75, 3.05) is 19.1 Å². The van der Waals surface area contributed by atoms with Crippen LogP contribution in [0, 0.1) is 0 Å². The van der Waals surface area contributed by atoms with Gasteiger partial charge in [-0.2, -0.15) is 0 Å². The highest BCUT2D eigenvalue weighted by Crippen LogP contribution is 2.07. The summed E-state index contributed by atoms with van der Waals surface area (Å²) in [6.45, 7) is 0. The van der Waals surface area contributed by atoms with Gasteiger partial charge < -0.3 is 5.01 Å². The van der Waals surface area contributed by atoms with E-state index in [-0.39, 0.29) is 5.56 Å². The summed E-state index contributed by atoms with van der Waals surface area (Å²) in [4.78, 5) is 11.9. The molecule has 1 aromatic carbocycles. The van der Waals surface area contributed by atoms with Gasteiger partial charge in [-0.15, -0.1) is 0 Å². The molecule has 0 bridgehead atoms.